The average molecular weight is 373 g/mol. The first-order chi connectivity index (χ1) is 12.2. The van der Waals surface area contributed by atoms with Crippen LogP contribution >= 0.6 is 0 Å². The summed E-state index contributed by atoms with van der Waals surface area (Å²) in [6.45, 7) is 5.11. The molecule has 1 aromatic carbocycles. The highest BCUT2D eigenvalue weighted by atomic mass is 19.4. The fraction of sp³-hybridized carbons (Fsp3) is 0.556. The van der Waals surface area contributed by atoms with Crippen molar-refractivity contribution in [3.8, 4) is 0 Å². The van der Waals surface area contributed by atoms with Crippen LogP contribution < -0.4 is 10.2 Å². The number of anilines is 1. The van der Waals surface area contributed by atoms with Crippen molar-refractivity contribution in [2.75, 3.05) is 25.0 Å². The van der Waals surface area contributed by atoms with Crippen molar-refractivity contribution < 1.29 is 32.4 Å². The number of rotatable bonds is 5. The average Bonchev–Trinajstić information content (AvgIpc) is 2.61. The number of hydrogen-bond acceptors (Lipinski definition) is 3. The predicted octanol–water partition coefficient (Wildman–Crippen LogP) is 1.89. The Morgan fingerprint density at radius 1 is 1.31 bits per heavy atom. The van der Waals surface area contributed by atoms with E-state index in [1.54, 1.807) is 13.8 Å². The Kier molecular flexibility index (Phi) is 6.63. The van der Waals surface area contributed by atoms with Crippen LogP contribution in [0.1, 0.15) is 32.3 Å². The molecule has 2 N–H and O–H groups in total. The van der Waals surface area contributed by atoms with Gasteiger partial charge in [0.15, 0.2) is 6.04 Å². The van der Waals surface area contributed by atoms with E-state index < -0.39 is 17.8 Å². The molecule has 1 saturated heterocycles. The van der Waals surface area contributed by atoms with Gasteiger partial charge >= 0.3 is 12.1 Å². The normalized spacial score (nSPS) is 21.7. The van der Waals surface area contributed by atoms with Gasteiger partial charge in [0.25, 0.3) is 5.91 Å². The molecule has 26 heavy (non-hydrogen) atoms. The standard InChI is InChI=1S/C18H23F3N2O3/c1-3-26-17(25)13-5-4-10-23(11-13)12(2)16(24)22-15-8-6-14(7-9-15)18(19,20)21/h6-9,12-13H,3-5,10-11H2,1-2H3,(H,22,24)/p+1/t12-,13+/m0/s1. The number of likely N-dealkylation sites (tertiary alicyclic amines) is 1. The van der Waals surface area contributed by atoms with Crippen LogP contribution in [-0.4, -0.2) is 37.6 Å². The van der Waals surface area contributed by atoms with Crippen LogP contribution in [0.25, 0.3) is 0 Å². The fourth-order valence-corrected chi connectivity index (χ4v) is 3.13. The Balaban J connectivity index is 1.95. The number of hydrogen-bond donors (Lipinski definition) is 2. The molecular weight excluding hydrogens is 349 g/mol. The Hall–Kier alpha value is -2.09. The Morgan fingerprint density at radius 2 is 1.96 bits per heavy atom. The lowest BCUT2D eigenvalue weighted by Crippen LogP contribution is -3.18. The number of ether oxygens (including phenoxy) is 1. The van der Waals surface area contributed by atoms with E-state index in [9.17, 15) is 22.8 Å². The van der Waals surface area contributed by atoms with Gasteiger partial charge in [0.2, 0.25) is 0 Å². The minimum atomic E-state index is -4.41. The van der Waals surface area contributed by atoms with Crippen molar-refractivity contribution in [1.29, 1.82) is 0 Å². The van der Waals surface area contributed by atoms with E-state index in [1.165, 1.54) is 12.1 Å². The van der Waals surface area contributed by atoms with Crippen molar-refractivity contribution in [1.82, 2.24) is 0 Å². The van der Waals surface area contributed by atoms with Crippen molar-refractivity contribution >= 4 is 17.6 Å². The number of benzene rings is 1. The second-order valence-corrected chi connectivity index (χ2v) is 6.49. The molecule has 1 amide bonds. The summed E-state index contributed by atoms with van der Waals surface area (Å²) in [5.74, 6) is -0.746. The maximum Gasteiger partial charge on any atom is 0.416 e. The monoisotopic (exact) mass is 373 g/mol. The first kappa shape index (κ1) is 20.2. The SMILES string of the molecule is CCOC(=O)[C@@H]1CCC[NH+]([C@@H](C)C(=O)Nc2ccc(C(F)(F)F)cc2)C1. The zero-order valence-electron chi connectivity index (χ0n) is 14.9. The van der Waals surface area contributed by atoms with Crippen LogP contribution in [0, 0.1) is 5.92 Å². The van der Waals surface area contributed by atoms with Gasteiger partial charge in [-0.05, 0) is 51.0 Å². The van der Waals surface area contributed by atoms with Gasteiger partial charge < -0.3 is 15.0 Å². The highest BCUT2D eigenvalue weighted by molar-refractivity contribution is 5.93. The number of carbonyl (C=O) groups is 2. The lowest BCUT2D eigenvalue weighted by Gasteiger charge is -2.32. The lowest BCUT2D eigenvalue weighted by molar-refractivity contribution is -0.921. The molecule has 144 valence electrons. The van der Waals surface area contributed by atoms with Crippen LogP contribution in [0.2, 0.25) is 0 Å². The number of amides is 1. The summed E-state index contributed by atoms with van der Waals surface area (Å²) in [4.78, 5) is 25.3. The minimum Gasteiger partial charge on any atom is -0.466 e. The molecule has 0 saturated carbocycles. The van der Waals surface area contributed by atoms with Crippen LogP contribution in [0.4, 0.5) is 18.9 Å². The number of quaternary nitrogens is 1. The third kappa shape index (κ3) is 5.20. The topological polar surface area (TPSA) is 59.8 Å². The van der Waals surface area contributed by atoms with Gasteiger partial charge in [0, 0.05) is 5.69 Å². The number of carbonyl (C=O) groups excluding carboxylic acids is 2. The highest BCUT2D eigenvalue weighted by Crippen LogP contribution is 2.29. The van der Waals surface area contributed by atoms with Gasteiger partial charge in [-0.1, -0.05) is 0 Å². The molecule has 2 rings (SSSR count). The smallest absolute Gasteiger partial charge is 0.416 e. The van der Waals surface area contributed by atoms with E-state index in [-0.39, 0.29) is 17.8 Å². The quantitative estimate of drug-likeness (QED) is 0.775. The second-order valence-electron chi connectivity index (χ2n) is 6.49. The zero-order valence-corrected chi connectivity index (χ0v) is 14.9. The number of nitrogens with one attached hydrogen (secondary N) is 2. The summed E-state index contributed by atoms with van der Waals surface area (Å²) in [5.41, 5.74) is -0.448. The Morgan fingerprint density at radius 3 is 2.54 bits per heavy atom. The summed E-state index contributed by atoms with van der Waals surface area (Å²) in [6.07, 6.45) is -2.85. The van der Waals surface area contributed by atoms with Gasteiger partial charge in [-0.15, -0.1) is 0 Å². The van der Waals surface area contributed by atoms with Gasteiger partial charge in [-0.3, -0.25) is 9.59 Å². The number of piperidine rings is 1. The summed E-state index contributed by atoms with van der Waals surface area (Å²) in [7, 11) is 0. The van der Waals surface area contributed by atoms with Gasteiger partial charge in [0.1, 0.15) is 5.92 Å². The van der Waals surface area contributed by atoms with E-state index in [2.05, 4.69) is 5.32 Å². The Labute approximate surface area is 150 Å². The van der Waals surface area contributed by atoms with Crippen LogP contribution in [0.15, 0.2) is 24.3 Å². The molecule has 8 heteroatoms. The predicted molar refractivity (Wildman–Crippen MR) is 89.6 cm³/mol. The second kappa shape index (κ2) is 8.53. The maximum absolute atomic E-state index is 12.6. The summed E-state index contributed by atoms with van der Waals surface area (Å²) < 4.78 is 42.8. The van der Waals surface area contributed by atoms with Crippen molar-refractivity contribution in [2.45, 2.75) is 38.9 Å². The van der Waals surface area contributed by atoms with Crippen LogP contribution in [0.5, 0.6) is 0 Å². The molecule has 5 nitrogen and oxygen atoms in total. The van der Waals surface area contributed by atoms with Gasteiger partial charge in [-0.2, -0.15) is 13.2 Å². The molecule has 1 aliphatic rings. The third-order valence-corrected chi connectivity index (χ3v) is 4.66. The van der Waals surface area contributed by atoms with Crippen molar-refractivity contribution in [3.63, 3.8) is 0 Å². The molecule has 1 unspecified atom stereocenters. The maximum atomic E-state index is 12.6. The van der Waals surface area contributed by atoms with Crippen molar-refractivity contribution in [2.24, 2.45) is 5.92 Å². The molecule has 3 atom stereocenters. The summed E-state index contributed by atoms with van der Waals surface area (Å²) >= 11 is 0. The van der Waals surface area contributed by atoms with Crippen LogP contribution in [0.3, 0.4) is 0 Å². The minimum absolute atomic E-state index is 0.222. The fourth-order valence-electron chi connectivity index (χ4n) is 3.13. The summed E-state index contributed by atoms with van der Waals surface area (Å²) in [5, 5.41) is 2.64. The zero-order chi connectivity index (χ0) is 19.3. The van der Waals surface area contributed by atoms with Crippen LogP contribution in [-0.2, 0) is 20.5 Å². The molecule has 0 radical (unpaired) electrons. The molecule has 0 bridgehead atoms. The first-order valence-electron chi connectivity index (χ1n) is 8.71. The number of halogens is 3. The van der Waals surface area contributed by atoms with E-state index in [0.717, 1.165) is 36.4 Å². The molecule has 1 heterocycles. The van der Waals surface area contributed by atoms with E-state index in [4.69, 9.17) is 4.74 Å². The van der Waals surface area contributed by atoms with E-state index >= 15 is 0 Å². The molecule has 0 spiro atoms. The highest BCUT2D eigenvalue weighted by Gasteiger charge is 2.35. The molecule has 0 aliphatic carbocycles. The van der Waals surface area contributed by atoms with E-state index in [1.807, 2.05) is 0 Å². The molecule has 1 fully saturated rings. The van der Waals surface area contributed by atoms with Gasteiger partial charge in [0.05, 0.1) is 25.3 Å². The number of alkyl halides is 3. The third-order valence-electron chi connectivity index (χ3n) is 4.66. The largest absolute Gasteiger partial charge is 0.466 e. The molecule has 1 aromatic rings. The van der Waals surface area contributed by atoms with Gasteiger partial charge in [-0.25, -0.2) is 0 Å². The number of esters is 1. The molecular formula is C18H24F3N2O3+. The van der Waals surface area contributed by atoms with E-state index in [0.29, 0.717) is 18.8 Å². The first-order valence-corrected chi connectivity index (χ1v) is 8.71. The molecule has 1 aliphatic heterocycles. The molecule has 0 aromatic heterocycles. The lowest BCUT2D eigenvalue weighted by atomic mass is 9.97. The van der Waals surface area contributed by atoms with Crippen molar-refractivity contribution in [3.05, 3.63) is 29.8 Å². The summed E-state index contributed by atoms with van der Waals surface area (Å²) in [6, 6.07) is 3.92. The Bertz CT molecular complexity index is 632.